The standard InChI is InChI=1S/C14H23NOS/c1-4-6-7-11(5-2)10(3)12-8-9-17-13(12)14(15)16/h8-11H,4-7H2,1-3H3,(H2,15,16). The number of hydrogen-bond donors (Lipinski definition) is 1. The van der Waals surface area contributed by atoms with Gasteiger partial charge in [0.2, 0.25) is 0 Å². The fourth-order valence-corrected chi connectivity index (χ4v) is 3.26. The summed E-state index contributed by atoms with van der Waals surface area (Å²) in [6.07, 6.45) is 4.89. The van der Waals surface area contributed by atoms with Gasteiger partial charge in [-0.25, -0.2) is 0 Å². The minimum Gasteiger partial charge on any atom is -0.365 e. The van der Waals surface area contributed by atoms with Crippen LogP contribution in [0.2, 0.25) is 0 Å². The zero-order chi connectivity index (χ0) is 12.8. The van der Waals surface area contributed by atoms with Gasteiger partial charge in [0.25, 0.3) is 5.91 Å². The van der Waals surface area contributed by atoms with Crippen molar-refractivity contribution >= 4 is 17.2 Å². The highest BCUT2D eigenvalue weighted by Crippen LogP contribution is 2.34. The second-order valence-electron chi connectivity index (χ2n) is 4.67. The van der Waals surface area contributed by atoms with Crippen molar-refractivity contribution in [1.29, 1.82) is 0 Å². The number of rotatable bonds is 7. The first-order chi connectivity index (χ1) is 8.11. The molecule has 17 heavy (non-hydrogen) atoms. The van der Waals surface area contributed by atoms with Gasteiger partial charge in [0.05, 0.1) is 4.88 Å². The number of amides is 1. The molecule has 0 radical (unpaired) electrons. The van der Waals surface area contributed by atoms with E-state index < -0.39 is 0 Å². The summed E-state index contributed by atoms with van der Waals surface area (Å²) >= 11 is 1.46. The molecule has 2 nitrogen and oxygen atoms in total. The van der Waals surface area contributed by atoms with E-state index in [4.69, 9.17) is 5.73 Å². The van der Waals surface area contributed by atoms with Gasteiger partial charge in [0.1, 0.15) is 0 Å². The van der Waals surface area contributed by atoms with Gasteiger partial charge in [-0.1, -0.05) is 40.0 Å². The molecule has 0 saturated carbocycles. The van der Waals surface area contributed by atoms with Crippen LogP contribution in [0.3, 0.4) is 0 Å². The predicted octanol–water partition coefficient (Wildman–Crippen LogP) is 4.17. The Morgan fingerprint density at radius 2 is 2.18 bits per heavy atom. The van der Waals surface area contributed by atoms with Crippen molar-refractivity contribution in [2.24, 2.45) is 11.7 Å². The van der Waals surface area contributed by atoms with E-state index in [9.17, 15) is 4.79 Å². The van der Waals surface area contributed by atoms with Crippen LogP contribution in [-0.2, 0) is 0 Å². The molecule has 0 aliphatic heterocycles. The first kappa shape index (κ1) is 14.2. The molecule has 0 aliphatic carbocycles. The third-order valence-electron chi connectivity index (χ3n) is 3.57. The van der Waals surface area contributed by atoms with Crippen LogP contribution in [0.15, 0.2) is 11.4 Å². The van der Waals surface area contributed by atoms with Crippen LogP contribution < -0.4 is 5.73 Å². The molecule has 2 atom stereocenters. The lowest BCUT2D eigenvalue weighted by Crippen LogP contribution is -2.15. The average Bonchev–Trinajstić information content (AvgIpc) is 2.78. The number of hydrogen-bond acceptors (Lipinski definition) is 2. The van der Waals surface area contributed by atoms with Crippen LogP contribution in [0.1, 0.15) is 67.6 Å². The predicted molar refractivity (Wildman–Crippen MR) is 74.6 cm³/mol. The Morgan fingerprint density at radius 1 is 1.47 bits per heavy atom. The minimum absolute atomic E-state index is 0.285. The molecule has 0 aliphatic rings. The van der Waals surface area contributed by atoms with Gasteiger partial charge in [-0.2, -0.15) is 0 Å². The SMILES string of the molecule is CCCCC(CC)C(C)c1ccsc1C(N)=O. The van der Waals surface area contributed by atoms with Gasteiger partial charge in [-0.3, -0.25) is 4.79 Å². The summed E-state index contributed by atoms with van der Waals surface area (Å²) in [7, 11) is 0. The van der Waals surface area contributed by atoms with E-state index in [1.165, 1.54) is 30.6 Å². The summed E-state index contributed by atoms with van der Waals surface area (Å²) in [5.41, 5.74) is 6.55. The number of primary amides is 1. The number of nitrogens with two attached hydrogens (primary N) is 1. The first-order valence-corrected chi connectivity index (χ1v) is 7.36. The highest BCUT2D eigenvalue weighted by atomic mass is 32.1. The van der Waals surface area contributed by atoms with E-state index in [0.29, 0.717) is 11.8 Å². The van der Waals surface area contributed by atoms with Crippen LogP contribution in [-0.4, -0.2) is 5.91 Å². The summed E-state index contributed by atoms with van der Waals surface area (Å²) in [4.78, 5) is 12.1. The van der Waals surface area contributed by atoms with E-state index >= 15 is 0 Å². The van der Waals surface area contributed by atoms with E-state index in [-0.39, 0.29) is 5.91 Å². The van der Waals surface area contributed by atoms with Crippen LogP contribution in [0.5, 0.6) is 0 Å². The smallest absolute Gasteiger partial charge is 0.259 e. The maximum atomic E-state index is 11.3. The van der Waals surface area contributed by atoms with Gasteiger partial charge in [0.15, 0.2) is 0 Å². The highest BCUT2D eigenvalue weighted by molar-refractivity contribution is 7.12. The lowest BCUT2D eigenvalue weighted by Gasteiger charge is -2.22. The summed E-state index contributed by atoms with van der Waals surface area (Å²) < 4.78 is 0. The molecule has 3 heteroatoms. The third kappa shape index (κ3) is 3.56. The Labute approximate surface area is 108 Å². The molecular weight excluding hydrogens is 230 g/mol. The van der Waals surface area contributed by atoms with E-state index in [2.05, 4.69) is 26.8 Å². The summed E-state index contributed by atoms with van der Waals surface area (Å²) in [6, 6.07) is 2.06. The number of carbonyl (C=O) groups is 1. The van der Waals surface area contributed by atoms with Crippen molar-refractivity contribution in [3.63, 3.8) is 0 Å². The summed E-state index contributed by atoms with van der Waals surface area (Å²) in [6.45, 7) is 6.67. The maximum absolute atomic E-state index is 11.3. The number of thiophene rings is 1. The molecule has 0 fully saturated rings. The molecule has 96 valence electrons. The molecule has 1 amide bonds. The fraction of sp³-hybridized carbons (Fsp3) is 0.643. The third-order valence-corrected chi connectivity index (χ3v) is 4.51. The normalized spacial score (nSPS) is 14.5. The first-order valence-electron chi connectivity index (χ1n) is 6.48. The molecule has 0 bridgehead atoms. The van der Waals surface area contributed by atoms with Crippen molar-refractivity contribution in [1.82, 2.24) is 0 Å². The quantitative estimate of drug-likeness (QED) is 0.778. The molecule has 0 aromatic carbocycles. The lowest BCUT2D eigenvalue weighted by molar-refractivity contribution is 0.100. The average molecular weight is 253 g/mol. The van der Waals surface area contributed by atoms with Gasteiger partial charge in [0, 0.05) is 0 Å². The highest BCUT2D eigenvalue weighted by Gasteiger charge is 2.22. The summed E-state index contributed by atoms with van der Waals surface area (Å²) in [5.74, 6) is 0.801. The second-order valence-corrected chi connectivity index (χ2v) is 5.58. The molecule has 1 heterocycles. The Hall–Kier alpha value is -0.830. The maximum Gasteiger partial charge on any atom is 0.259 e. The van der Waals surface area contributed by atoms with Gasteiger partial charge in [-0.05, 0) is 35.3 Å². The Balaban J connectivity index is 2.81. The number of carbonyl (C=O) groups excluding carboxylic acids is 1. The molecule has 0 spiro atoms. The number of unbranched alkanes of at least 4 members (excludes halogenated alkanes) is 1. The molecule has 0 saturated heterocycles. The Morgan fingerprint density at radius 3 is 2.71 bits per heavy atom. The van der Waals surface area contributed by atoms with Crippen LogP contribution in [0, 0.1) is 5.92 Å². The Bertz CT molecular complexity index is 359. The minimum atomic E-state index is -0.285. The molecule has 2 unspecified atom stereocenters. The molecule has 1 aromatic heterocycles. The topological polar surface area (TPSA) is 43.1 Å². The molecular formula is C14H23NOS. The molecule has 1 aromatic rings. The van der Waals surface area contributed by atoms with Gasteiger partial charge >= 0.3 is 0 Å². The Kier molecular flexibility index (Phi) is 5.69. The van der Waals surface area contributed by atoms with Crippen molar-refractivity contribution in [3.8, 4) is 0 Å². The zero-order valence-electron chi connectivity index (χ0n) is 11.0. The van der Waals surface area contributed by atoms with Crippen molar-refractivity contribution in [2.45, 2.75) is 52.4 Å². The fourth-order valence-electron chi connectivity index (χ4n) is 2.41. The largest absolute Gasteiger partial charge is 0.365 e. The van der Waals surface area contributed by atoms with E-state index in [1.807, 2.05) is 5.38 Å². The molecule has 1 rings (SSSR count). The van der Waals surface area contributed by atoms with Crippen molar-refractivity contribution in [3.05, 3.63) is 21.9 Å². The summed E-state index contributed by atoms with van der Waals surface area (Å²) in [5, 5.41) is 1.97. The van der Waals surface area contributed by atoms with Crippen LogP contribution >= 0.6 is 11.3 Å². The van der Waals surface area contributed by atoms with Gasteiger partial charge < -0.3 is 5.73 Å². The van der Waals surface area contributed by atoms with E-state index in [0.717, 1.165) is 16.9 Å². The molecule has 2 N–H and O–H groups in total. The van der Waals surface area contributed by atoms with E-state index in [1.54, 1.807) is 0 Å². The van der Waals surface area contributed by atoms with Crippen molar-refractivity contribution < 1.29 is 4.79 Å². The lowest BCUT2D eigenvalue weighted by atomic mass is 9.82. The monoisotopic (exact) mass is 253 g/mol. The second kappa shape index (κ2) is 6.80. The van der Waals surface area contributed by atoms with Crippen LogP contribution in [0.25, 0.3) is 0 Å². The van der Waals surface area contributed by atoms with Crippen molar-refractivity contribution in [2.75, 3.05) is 0 Å². The zero-order valence-corrected chi connectivity index (χ0v) is 11.8. The van der Waals surface area contributed by atoms with Gasteiger partial charge in [-0.15, -0.1) is 11.3 Å². The van der Waals surface area contributed by atoms with Crippen LogP contribution in [0.4, 0.5) is 0 Å².